The number of Topliss-reactive ketones (excluding diaryl/α,β-unsaturated/α-hetero) is 1. The van der Waals surface area contributed by atoms with Crippen molar-refractivity contribution in [2.24, 2.45) is 5.92 Å². The molecule has 0 saturated heterocycles. The van der Waals surface area contributed by atoms with Crippen LogP contribution in [0.4, 0.5) is 0 Å². The van der Waals surface area contributed by atoms with Gasteiger partial charge in [0.25, 0.3) is 0 Å². The molecule has 0 fully saturated rings. The predicted octanol–water partition coefficient (Wildman–Crippen LogP) is 4.36. The second-order valence-electron chi connectivity index (χ2n) is 5.05. The van der Waals surface area contributed by atoms with E-state index in [4.69, 9.17) is 0 Å². The first-order chi connectivity index (χ1) is 8.08. The highest BCUT2D eigenvalue weighted by molar-refractivity contribution is 5.83. The number of hydrogen-bond donors (Lipinski definition) is 0. The van der Waals surface area contributed by atoms with Crippen LogP contribution < -0.4 is 0 Å². The maximum absolute atomic E-state index is 12.0. The molecule has 0 atom stereocenters. The normalized spacial score (nSPS) is 11.2. The third-order valence-corrected chi connectivity index (χ3v) is 3.47. The lowest BCUT2D eigenvalue weighted by Crippen LogP contribution is -2.15. The average Bonchev–Trinajstić information content (AvgIpc) is 2.31. The highest BCUT2D eigenvalue weighted by Crippen LogP contribution is 2.17. The summed E-state index contributed by atoms with van der Waals surface area (Å²) in [6, 6.07) is 8.46. The average molecular weight is 232 g/mol. The largest absolute Gasteiger partial charge is 0.299 e. The molecule has 0 heterocycles. The third kappa shape index (κ3) is 3.99. The van der Waals surface area contributed by atoms with Gasteiger partial charge in [0.05, 0.1) is 0 Å². The van der Waals surface area contributed by atoms with Crippen LogP contribution in [0.15, 0.2) is 24.3 Å². The summed E-state index contributed by atoms with van der Waals surface area (Å²) in [5.41, 5.74) is 2.48. The van der Waals surface area contributed by atoms with Crippen molar-refractivity contribution in [2.75, 3.05) is 0 Å². The SMILES string of the molecule is CCC(CC)C(=O)Cc1ccc(C(C)C)cc1. The van der Waals surface area contributed by atoms with E-state index in [1.807, 2.05) is 0 Å². The molecular formula is C16H24O. The topological polar surface area (TPSA) is 17.1 Å². The van der Waals surface area contributed by atoms with E-state index < -0.39 is 0 Å². The Morgan fingerprint density at radius 3 is 2.00 bits per heavy atom. The lowest BCUT2D eigenvalue weighted by Gasteiger charge is -2.11. The van der Waals surface area contributed by atoms with Crippen molar-refractivity contribution in [3.63, 3.8) is 0 Å². The summed E-state index contributed by atoms with van der Waals surface area (Å²) < 4.78 is 0. The van der Waals surface area contributed by atoms with Gasteiger partial charge in [-0.25, -0.2) is 0 Å². The standard InChI is InChI=1S/C16H24O/c1-5-14(6-2)16(17)11-13-7-9-15(10-8-13)12(3)4/h7-10,12,14H,5-6,11H2,1-4H3. The number of carbonyl (C=O) groups excluding carboxylic acids is 1. The van der Waals surface area contributed by atoms with E-state index in [9.17, 15) is 4.79 Å². The summed E-state index contributed by atoms with van der Waals surface area (Å²) in [4.78, 5) is 12.0. The Bertz CT molecular complexity index is 344. The molecule has 1 aromatic rings. The monoisotopic (exact) mass is 232 g/mol. The number of ketones is 1. The zero-order valence-electron chi connectivity index (χ0n) is 11.5. The van der Waals surface area contributed by atoms with Crippen molar-refractivity contribution in [1.29, 1.82) is 0 Å². The van der Waals surface area contributed by atoms with Crippen LogP contribution in [-0.4, -0.2) is 5.78 Å². The predicted molar refractivity (Wildman–Crippen MR) is 73.3 cm³/mol. The summed E-state index contributed by atoms with van der Waals surface area (Å²) in [5.74, 6) is 1.17. The number of benzene rings is 1. The van der Waals surface area contributed by atoms with E-state index in [1.54, 1.807) is 0 Å². The van der Waals surface area contributed by atoms with Crippen molar-refractivity contribution in [2.45, 2.75) is 52.9 Å². The maximum Gasteiger partial charge on any atom is 0.140 e. The molecule has 1 nitrogen and oxygen atoms in total. The highest BCUT2D eigenvalue weighted by Gasteiger charge is 2.14. The van der Waals surface area contributed by atoms with Crippen molar-refractivity contribution < 1.29 is 4.79 Å². The number of hydrogen-bond acceptors (Lipinski definition) is 1. The van der Waals surface area contributed by atoms with Crippen molar-refractivity contribution in [3.8, 4) is 0 Å². The summed E-state index contributed by atoms with van der Waals surface area (Å²) in [6.45, 7) is 8.55. The van der Waals surface area contributed by atoms with Crippen LogP contribution in [0.1, 0.15) is 57.6 Å². The maximum atomic E-state index is 12.0. The molecule has 1 aromatic carbocycles. The van der Waals surface area contributed by atoms with Crippen molar-refractivity contribution in [3.05, 3.63) is 35.4 Å². The molecule has 0 saturated carbocycles. The summed E-state index contributed by atoms with van der Waals surface area (Å²) >= 11 is 0. The molecule has 0 unspecified atom stereocenters. The van der Waals surface area contributed by atoms with Gasteiger partial charge in [-0.05, 0) is 29.9 Å². The molecule has 0 amide bonds. The minimum atomic E-state index is 0.236. The highest BCUT2D eigenvalue weighted by atomic mass is 16.1. The minimum Gasteiger partial charge on any atom is -0.299 e. The lowest BCUT2D eigenvalue weighted by molar-refractivity contribution is -0.122. The number of rotatable bonds is 6. The molecule has 0 N–H and O–H groups in total. The molecule has 0 aliphatic rings. The van der Waals surface area contributed by atoms with E-state index in [-0.39, 0.29) is 5.92 Å². The Kier molecular flexibility index (Phi) is 5.40. The van der Waals surface area contributed by atoms with Gasteiger partial charge in [0.1, 0.15) is 5.78 Å². The van der Waals surface area contributed by atoms with Gasteiger partial charge in [-0.1, -0.05) is 52.0 Å². The molecule has 0 radical (unpaired) electrons. The minimum absolute atomic E-state index is 0.236. The number of carbonyl (C=O) groups is 1. The fraction of sp³-hybridized carbons (Fsp3) is 0.562. The van der Waals surface area contributed by atoms with E-state index >= 15 is 0 Å². The first-order valence-electron chi connectivity index (χ1n) is 6.70. The van der Waals surface area contributed by atoms with Gasteiger partial charge < -0.3 is 0 Å². The van der Waals surface area contributed by atoms with E-state index in [0.717, 1.165) is 18.4 Å². The van der Waals surface area contributed by atoms with Gasteiger partial charge in [0, 0.05) is 12.3 Å². The molecule has 17 heavy (non-hydrogen) atoms. The smallest absolute Gasteiger partial charge is 0.140 e. The van der Waals surface area contributed by atoms with Crippen molar-refractivity contribution in [1.82, 2.24) is 0 Å². The molecule has 0 aliphatic heterocycles. The fourth-order valence-corrected chi connectivity index (χ4v) is 2.11. The Morgan fingerprint density at radius 2 is 1.59 bits per heavy atom. The van der Waals surface area contributed by atoms with Crippen LogP contribution in [0.2, 0.25) is 0 Å². The lowest BCUT2D eigenvalue weighted by atomic mass is 9.92. The Balaban J connectivity index is 2.66. The fourth-order valence-electron chi connectivity index (χ4n) is 2.11. The third-order valence-electron chi connectivity index (χ3n) is 3.47. The zero-order chi connectivity index (χ0) is 12.8. The van der Waals surface area contributed by atoms with Gasteiger partial charge in [-0.15, -0.1) is 0 Å². The quantitative estimate of drug-likeness (QED) is 0.712. The van der Waals surface area contributed by atoms with E-state index in [1.165, 1.54) is 5.56 Å². The van der Waals surface area contributed by atoms with Gasteiger partial charge in [-0.3, -0.25) is 4.79 Å². The van der Waals surface area contributed by atoms with Crippen molar-refractivity contribution >= 4 is 5.78 Å². The first-order valence-corrected chi connectivity index (χ1v) is 6.70. The van der Waals surface area contributed by atoms with E-state index in [2.05, 4.69) is 52.0 Å². The van der Waals surface area contributed by atoms with E-state index in [0.29, 0.717) is 18.1 Å². The van der Waals surface area contributed by atoms with Gasteiger partial charge >= 0.3 is 0 Å². The molecule has 1 heteroatoms. The molecule has 94 valence electrons. The Labute approximate surface area is 105 Å². The molecule has 0 aromatic heterocycles. The summed E-state index contributed by atoms with van der Waals surface area (Å²) in [7, 11) is 0. The van der Waals surface area contributed by atoms with Gasteiger partial charge in [0.15, 0.2) is 0 Å². The Morgan fingerprint density at radius 1 is 1.06 bits per heavy atom. The molecule has 0 aliphatic carbocycles. The summed E-state index contributed by atoms with van der Waals surface area (Å²) in [5, 5.41) is 0. The van der Waals surface area contributed by atoms with Crippen LogP contribution in [0, 0.1) is 5.92 Å². The molecule has 1 rings (SSSR count). The zero-order valence-corrected chi connectivity index (χ0v) is 11.5. The van der Waals surface area contributed by atoms with Crippen LogP contribution in [-0.2, 0) is 11.2 Å². The molecule has 0 spiro atoms. The van der Waals surface area contributed by atoms with Crippen LogP contribution in [0.3, 0.4) is 0 Å². The molecule has 0 bridgehead atoms. The first kappa shape index (κ1) is 14.0. The van der Waals surface area contributed by atoms with Gasteiger partial charge in [-0.2, -0.15) is 0 Å². The van der Waals surface area contributed by atoms with Gasteiger partial charge in [0.2, 0.25) is 0 Å². The summed E-state index contributed by atoms with van der Waals surface area (Å²) in [6.07, 6.45) is 2.50. The second-order valence-corrected chi connectivity index (χ2v) is 5.05. The Hall–Kier alpha value is -1.11. The van der Waals surface area contributed by atoms with Crippen LogP contribution in [0.25, 0.3) is 0 Å². The van der Waals surface area contributed by atoms with Crippen LogP contribution >= 0.6 is 0 Å². The van der Waals surface area contributed by atoms with Crippen LogP contribution in [0.5, 0.6) is 0 Å². The second kappa shape index (κ2) is 6.58. The molecular weight excluding hydrogens is 208 g/mol.